The van der Waals surface area contributed by atoms with Crippen LogP contribution in [0.2, 0.25) is 0 Å². The predicted octanol–water partition coefficient (Wildman–Crippen LogP) is 5.17. The van der Waals surface area contributed by atoms with Gasteiger partial charge in [0.05, 0.1) is 51.8 Å². The van der Waals surface area contributed by atoms with Crippen molar-refractivity contribution in [3.05, 3.63) is 93.4 Å². The average Bonchev–Trinajstić information content (AvgIpc) is 3.19. The Morgan fingerprint density at radius 2 is 1.36 bits per heavy atom. The number of benzene rings is 2. The lowest BCUT2D eigenvalue weighted by Crippen LogP contribution is -2.03. The van der Waals surface area contributed by atoms with Crippen LogP contribution in [0, 0.1) is 64.1 Å². The highest BCUT2D eigenvalue weighted by Crippen LogP contribution is 2.46. The Hall–Kier alpha value is -5.65. The van der Waals surface area contributed by atoms with Crippen molar-refractivity contribution >= 4 is 16.6 Å². The summed E-state index contributed by atoms with van der Waals surface area (Å²) in [6, 6.07) is 12.0. The van der Waals surface area contributed by atoms with E-state index >= 15 is 0 Å². The van der Waals surface area contributed by atoms with Crippen molar-refractivity contribution in [2.45, 2.75) is 0 Å². The number of pyridine rings is 1. The number of hydrogen-bond donors (Lipinski definition) is 0. The van der Waals surface area contributed by atoms with Crippen molar-refractivity contribution < 1.29 is 17.6 Å². The molecule has 0 spiro atoms. The number of halogens is 4. The molecule has 36 heavy (non-hydrogen) atoms. The zero-order valence-electron chi connectivity index (χ0n) is 17.5. The Morgan fingerprint density at radius 3 is 1.89 bits per heavy atom. The molecule has 7 nitrogen and oxygen atoms in total. The Balaban J connectivity index is 1.85. The molecule has 0 atom stereocenters. The highest BCUT2D eigenvalue weighted by molar-refractivity contribution is 6.03. The topological polar surface area (TPSA) is 114 Å². The van der Waals surface area contributed by atoms with Crippen LogP contribution in [0.3, 0.4) is 0 Å². The molecule has 2 aromatic heterocycles. The minimum Gasteiger partial charge on any atom is -0.245 e. The van der Waals surface area contributed by atoms with E-state index in [-0.39, 0.29) is 50.2 Å². The van der Waals surface area contributed by atoms with Crippen molar-refractivity contribution in [3.63, 3.8) is 0 Å². The lowest BCUT2D eigenvalue weighted by atomic mass is 9.97. The fraction of sp³-hybridized carbons (Fsp3) is 0. The zero-order valence-corrected chi connectivity index (χ0v) is 17.5. The highest BCUT2D eigenvalue weighted by Gasteiger charge is 2.32. The maximum atomic E-state index is 14.4. The molecule has 1 aliphatic rings. The largest absolute Gasteiger partial charge is 0.271 e. The second-order valence-electron chi connectivity index (χ2n) is 7.43. The van der Waals surface area contributed by atoms with Crippen molar-refractivity contribution in [2.75, 3.05) is 0 Å². The molecule has 0 N–H and O–H groups in total. The molecular formula is C25H5F4N7. The lowest BCUT2D eigenvalue weighted by molar-refractivity contribution is 0.410. The maximum Gasteiger partial charge on any atom is 0.271 e. The molecule has 0 saturated carbocycles. The van der Waals surface area contributed by atoms with Gasteiger partial charge in [-0.1, -0.05) is 12.1 Å². The standard InChI is InChI=1S/C25H5F4N7/c1-33-17(9-32)19-14-4-10(18-20(26)24(28)36-25(29)21(18)27)2-3-13(14)22-23(19)35-16-6-12(8-31)11(7-30)5-15(16)34-22/h2-6H/b19-17+. The first-order valence-electron chi connectivity index (χ1n) is 9.86. The van der Waals surface area contributed by atoms with Crippen LogP contribution in [0.4, 0.5) is 17.6 Å². The van der Waals surface area contributed by atoms with Crippen LogP contribution in [-0.4, -0.2) is 15.0 Å². The third kappa shape index (κ3) is 3.05. The third-order valence-electron chi connectivity index (χ3n) is 5.57. The quantitative estimate of drug-likeness (QED) is 0.142. The van der Waals surface area contributed by atoms with Crippen LogP contribution in [0.25, 0.3) is 43.8 Å². The number of rotatable bonds is 1. The summed E-state index contributed by atoms with van der Waals surface area (Å²) in [6.07, 6.45) is 0. The second-order valence-corrected chi connectivity index (χ2v) is 7.43. The van der Waals surface area contributed by atoms with Crippen LogP contribution >= 0.6 is 0 Å². The smallest absolute Gasteiger partial charge is 0.245 e. The van der Waals surface area contributed by atoms with Crippen molar-refractivity contribution in [1.29, 1.82) is 15.8 Å². The van der Waals surface area contributed by atoms with Gasteiger partial charge >= 0.3 is 0 Å². The van der Waals surface area contributed by atoms with E-state index in [9.17, 15) is 33.3 Å². The number of nitriles is 3. The molecule has 1 aliphatic carbocycles. The molecule has 0 bridgehead atoms. The number of aromatic nitrogens is 3. The first kappa shape index (κ1) is 22.2. The average molecular weight is 479 g/mol. The molecule has 0 saturated heterocycles. The Kier molecular flexibility index (Phi) is 4.92. The summed E-state index contributed by atoms with van der Waals surface area (Å²) in [5.74, 6) is -7.09. The molecule has 0 radical (unpaired) electrons. The summed E-state index contributed by atoms with van der Waals surface area (Å²) in [6.45, 7) is 7.42. The molecule has 5 rings (SSSR count). The zero-order chi connectivity index (χ0) is 25.7. The molecule has 0 amide bonds. The third-order valence-corrected chi connectivity index (χ3v) is 5.57. The fourth-order valence-corrected chi connectivity index (χ4v) is 4.01. The Labute approximate surface area is 199 Å². The van der Waals surface area contributed by atoms with Crippen LogP contribution in [-0.2, 0) is 0 Å². The van der Waals surface area contributed by atoms with Gasteiger partial charge in [-0.3, -0.25) is 0 Å². The number of hydrogen-bond acceptors (Lipinski definition) is 6. The Morgan fingerprint density at radius 1 is 0.778 bits per heavy atom. The normalized spacial score (nSPS) is 12.7. The van der Waals surface area contributed by atoms with Crippen LogP contribution < -0.4 is 0 Å². The van der Waals surface area contributed by atoms with E-state index in [0.717, 1.165) is 0 Å². The maximum absolute atomic E-state index is 14.4. The molecule has 4 aromatic rings. The van der Waals surface area contributed by atoms with Crippen LogP contribution in [0.1, 0.15) is 22.4 Å². The lowest BCUT2D eigenvalue weighted by Gasteiger charge is -2.09. The number of nitrogens with zero attached hydrogens (tertiary/aromatic N) is 7. The van der Waals surface area contributed by atoms with Crippen LogP contribution in [0.5, 0.6) is 0 Å². The van der Waals surface area contributed by atoms with Gasteiger partial charge in [-0.25, -0.2) is 28.9 Å². The van der Waals surface area contributed by atoms with Gasteiger partial charge in [-0.15, -0.1) is 0 Å². The number of fused-ring (bicyclic) bond motifs is 4. The summed E-state index contributed by atoms with van der Waals surface area (Å²) in [4.78, 5) is 14.7. The van der Waals surface area contributed by atoms with Crippen molar-refractivity contribution in [3.8, 4) is 40.6 Å². The van der Waals surface area contributed by atoms with Crippen LogP contribution in [0.15, 0.2) is 36.0 Å². The van der Waals surface area contributed by atoms with Gasteiger partial charge in [0.25, 0.3) is 17.6 Å². The first-order chi connectivity index (χ1) is 17.3. The molecule has 2 aromatic carbocycles. The van der Waals surface area contributed by atoms with E-state index in [1.807, 2.05) is 12.1 Å². The molecule has 0 fully saturated rings. The highest BCUT2D eigenvalue weighted by atomic mass is 19.2. The fourth-order valence-electron chi connectivity index (χ4n) is 4.01. The first-order valence-corrected chi connectivity index (χ1v) is 9.86. The van der Waals surface area contributed by atoms with Gasteiger partial charge in [-0.2, -0.15) is 24.3 Å². The van der Waals surface area contributed by atoms with Crippen molar-refractivity contribution in [2.24, 2.45) is 0 Å². The monoisotopic (exact) mass is 479 g/mol. The van der Waals surface area contributed by atoms with Gasteiger partial charge in [0.15, 0.2) is 11.6 Å². The summed E-state index contributed by atoms with van der Waals surface area (Å²) in [5, 5.41) is 28.2. The van der Waals surface area contributed by atoms with E-state index < -0.39 is 34.8 Å². The van der Waals surface area contributed by atoms with Gasteiger partial charge < -0.3 is 0 Å². The SMILES string of the molecule is [C-]#[N+]/C(C#N)=C1\c2cc(-c3c(F)c(F)nc(F)c3F)ccc2-c2nc3cc(C#N)c(C#N)cc3nc21. The van der Waals surface area contributed by atoms with E-state index in [0.29, 0.717) is 5.56 Å². The van der Waals surface area contributed by atoms with Gasteiger partial charge in [0, 0.05) is 11.1 Å². The van der Waals surface area contributed by atoms with E-state index in [1.165, 1.54) is 30.3 Å². The summed E-state index contributed by atoms with van der Waals surface area (Å²) < 4.78 is 56.3. The molecule has 0 aliphatic heterocycles. The second kappa shape index (κ2) is 7.99. The molecule has 11 heteroatoms. The molecule has 168 valence electrons. The summed E-state index contributed by atoms with van der Waals surface area (Å²) in [7, 11) is 0. The van der Waals surface area contributed by atoms with E-state index in [2.05, 4.69) is 19.8 Å². The van der Waals surface area contributed by atoms with E-state index in [4.69, 9.17) is 6.57 Å². The van der Waals surface area contributed by atoms with E-state index in [1.54, 1.807) is 6.07 Å². The molecular weight excluding hydrogens is 474 g/mol. The Bertz CT molecular complexity index is 1840. The molecule has 2 heterocycles. The minimum absolute atomic E-state index is 0.00701. The van der Waals surface area contributed by atoms with Gasteiger partial charge in [-0.05, 0) is 29.3 Å². The van der Waals surface area contributed by atoms with Gasteiger partial charge in [0.2, 0.25) is 0 Å². The number of allylic oxidation sites excluding steroid dienone is 1. The minimum atomic E-state index is -1.83. The summed E-state index contributed by atoms with van der Waals surface area (Å²) in [5.41, 5.74) is -0.407. The molecule has 0 unspecified atom stereocenters. The summed E-state index contributed by atoms with van der Waals surface area (Å²) >= 11 is 0. The van der Waals surface area contributed by atoms with Gasteiger partial charge in [0.1, 0.15) is 12.1 Å². The predicted molar refractivity (Wildman–Crippen MR) is 116 cm³/mol. The van der Waals surface area contributed by atoms with Crippen molar-refractivity contribution in [1.82, 2.24) is 15.0 Å².